The minimum absolute atomic E-state index is 0.0113. The van der Waals surface area contributed by atoms with Crippen molar-refractivity contribution < 1.29 is 4.42 Å². The van der Waals surface area contributed by atoms with Crippen molar-refractivity contribution in [3.8, 4) is 0 Å². The summed E-state index contributed by atoms with van der Waals surface area (Å²) in [5.41, 5.74) is 0.972. The van der Waals surface area contributed by atoms with E-state index in [1.165, 1.54) is 0 Å². The van der Waals surface area contributed by atoms with Crippen LogP contribution in [0.25, 0.3) is 0 Å². The Kier molecular flexibility index (Phi) is 3.44. The first-order valence-corrected chi connectivity index (χ1v) is 7.12. The Balaban J connectivity index is 2.03. The molecular weight excluding hydrogens is 270 g/mol. The van der Waals surface area contributed by atoms with Gasteiger partial charge in [0.05, 0.1) is 18.0 Å². The third kappa shape index (κ3) is 2.18. The van der Waals surface area contributed by atoms with Gasteiger partial charge in [-0.15, -0.1) is 0 Å². The van der Waals surface area contributed by atoms with E-state index in [0.717, 1.165) is 16.6 Å². The SMILES string of the molecule is CC(C)N1C(=S)N[C@@H](c2ccccn2)[C@@H]1c1ccco1. The van der Waals surface area contributed by atoms with Gasteiger partial charge >= 0.3 is 0 Å². The predicted molar refractivity (Wildman–Crippen MR) is 81.1 cm³/mol. The van der Waals surface area contributed by atoms with Crippen LogP contribution in [0.2, 0.25) is 0 Å². The topological polar surface area (TPSA) is 41.3 Å². The van der Waals surface area contributed by atoms with Crippen LogP contribution in [0.5, 0.6) is 0 Å². The molecule has 2 atom stereocenters. The third-order valence-electron chi connectivity index (χ3n) is 3.53. The van der Waals surface area contributed by atoms with Crippen molar-refractivity contribution in [2.24, 2.45) is 0 Å². The van der Waals surface area contributed by atoms with Crippen LogP contribution in [0.15, 0.2) is 47.2 Å². The molecule has 1 aliphatic heterocycles. The van der Waals surface area contributed by atoms with E-state index in [0.29, 0.717) is 6.04 Å². The normalized spacial score (nSPS) is 22.4. The molecule has 0 radical (unpaired) electrons. The van der Waals surface area contributed by atoms with Crippen molar-refractivity contribution in [1.29, 1.82) is 0 Å². The van der Waals surface area contributed by atoms with E-state index in [2.05, 4.69) is 29.0 Å². The van der Waals surface area contributed by atoms with Gasteiger partial charge in [0.15, 0.2) is 5.11 Å². The van der Waals surface area contributed by atoms with Gasteiger partial charge in [-0.1, -0.05) is 6.07 Å². The molecule has 0 aromatic carbocycles. The minimum atomic E-state index is 0.0113. The highest BCUT2D eigenvalue weighted by atomic mass is 32.1. The van der Waals surface area contributed by atoms with Crippen molar-refractivity contribution in [1.82, 2.24) is 15.2 Å². The molecule has 0 spiro atoms. The lowest BCUT2D eigenvalue weighted by Gasteiger charge is -2.29. The summed E-state index contributed by atoms with van der Waals surface area (Å²) in [5, 5.41) is 4.12. The van der Waals surface area contributed by atoms with Gasteiger partial charge in [0.1, 0.15) is 11.8 Å². The zero-order chi connectivity index (χ0) is 14.1. The molecule has 2 aromatic heterocycles. The highest BCUT2D eigenvalue weighted by molar-refractivity contribution is 7.80. The van der Waals surface area contributed by atoms with E-state index in [1.807, 2.05) is 30.3 Å². The molecule has 0 unspecified atom stereocenters. The smallest absolute Gasteiger partial charge is 0.170 e. The molecule has 3 rings (SSSR count). The molecule has 2 aromatic rings. The fourth-order valence-electron chi connectivity index (χ4n) is 2.69. The number of nitrogens with zero attached hydrogens (tertiary/aromatic N) is 2. The Morgan fingerprint density at radius 1 is 1.30 bits per heavy atom. The first-order chi connectivity index (χ1) is 9.68. The fraction of sp³-hybridized carbons (Fsp3) is 0.333. The van der Waals surface area contributed by atoms with Gasteiger partial charge in [0.2, 0.25) is 0 Å². The minimum Gasteiger partial charge on any atom is -0.467 e. The summed E-state index contributed by atoms with van der Waals surface area (Å²) < 4.78 is 5.63. The summed E-state index contributed by atoms with van der Waals surface area (Å²) in [5.74, 6) is 0.904. The average Bonchev–Trinajstić information content (AvgIpc) is 3.06. The summed E-state index contributed by atoms with van der Waals surface area (Å²) in [6, 6.07) is 10.2. The van der Waals surface area contributed by atoms with Gasteiger partial charge in [-0.25, -0.2) is 0 Å². The summed E-state index contributed by atoms with van der Waals surface area (Å²) in [6.07, 6.45) is 3.50. The molecule has 5 heteroatoms. The van der Waals surface area contributed by atoms with Crippen LogP contribution in [-0.2, 0) is 0 Å². The molecule has 0 aliphatic carbocycles. The van der Waals surface area contributed by atoms with Crippen molar-refractivity contribution >= 4 is 17.3 Å². The third-order valence-corrected chi connectivity index (χ3v) is 3.86. The molecule has 1 N–H and O–H groups in total. The van der Waals surface area contributed by atoms with Gasteiger partial charge in [0, 0.05) is 12.2 Å². The molecule has 0 amide bonds. The number of aromatic nitrogens is 1. The summed E-state index contributed by atoms with van der Waals surface area (Å²) in [7, 11) is 0. The second-order valence-corrected chi connectivity index (χ2v) is 5.53. The standard InChI is InChI=1S/C15H17N3OS/c1-10(2)18-14(12-7-5-9-19-12)13(17-15(18)20)11-6-3-4-8-16-11/h3-10,13-14H,1-2H3,(H,17,20)/t13-,14-/m0/s1. The molecule has 0 bridgehead atoms. The van der Waals surface area contributed by atoms with Crippen LogP contribution < -0.4 is 5.32 Å². The van der Waals surface area contributed by atoms with Crippen LogP contribution in [0.1, 0.15) is 37.4 Å². The Bertz CT molecular complexity index is 582. The maximum absolute atomic E-state index is 5.63. The number of furan rings is 1. The summed E-state index contributed by atoms with van der Waals surface area (Å²) in [4.78, 5) is 6.63. The number of nitrogens with one attached hydrogen (secondary N) is 1. The van der Waals surface area contributed by atoms with Gasteiger partial charge < -0.3 is 14.6 Å². The lowest BCUT2D eigenvalue weighted by molar-refractivity contribution is 0.236. The van der Waals surface area contributed by atoms with E-state index < -0.39 is 0 Å². The maximum atomic E-state index is 5.63. The van der Waals surface area contributed by atoms with E-state index in [-0.39, 0.29) is 12.1 Å². The highest BCUT2D eigenvalue weighted by Crippen LogP contribution is 2.39. The van der Waals surface area contributed by atoms with Gasteiger partial charge in [0.25, 0.3) is 0 Å². The quantitative estimate of drug-likeness (QED) is 0.879. The van der Waals surface area contributed by atoms with E-state index in [1.54, 1.807) is 12.5 Å². The molecule has 1 fully saturated rings. The Morgan fingerprint density at radius 3 is 2.75 bits per heavy atom. The molecule has 0 saturated carbocycles. The first-order valence-electron chi connectivity index (χ1n) is 6.71. The molecule has 20 heavy (non-hydrogen) atoms. The largest absolute Gasteiger partial charge is 0.467 e. The lowest BCUT2D eigenvalue weighted by atomic mass is 10.0. The van der Waals surface area contributed by atoms with Gasteiger partial charge in [-0.3, -0.25) is 4.98 Å². The van der Waals surface area contributed by atoms with Crippen molar-refractivity contribution in [3.63, 3.8) is 0 Å². The summed E-state index contributed by atoms with van der Waals surface area (Å²) >= 11 is 5.49. The average molecular weight is 287 g/mol. The Labute approximate surface area is 123 Å². The molecule has 3 heterocycles. The maximum Gasteiger partial charge on any atom is 0.170 e. The number of hydrogen-bond acceptors (Lipinski definition) is 3. The first kappa shape index (κ1) is 13.1. The summed E-state index contributed by atoms with van der Waals surface area (Å²) in [6.45, 7) is 4.26. The molecule has 1 aliphatic rings. The van der Waals surface area contributed by atoms with Crippen LogP contribution in [0.4, 0.5) is 0 Å². The second kappa shape index (κ2) is 5.25. The number of thiocarbonyl (C=S) groups is 1. The van der Waals surface area contributed by atoms with Crippen LogP contribution in [0, 0.1) is 0 Å². The van der Waals surface area contributed by atoms with Crippen LogP contribution in [-0.4, -0.2) is 21.0 Å². The van der Waals surface area contributed by atoms with Crippen LogP contribution >= 0.6 is 12.2 Å². The van der Waals surface area contributed by atoms with Gasteiger partial charge in [-0.2, -0.15) is 0 Å². The molecule has 1 saturated heterocycles. The molecular formula is C15H17N3OS. The van der Waals surface area contributed by atoms with Crippen molar-refractivity contribution in [3.05, 3.63) is 54.2 Å². The van der Waals surface area contributed by atoms with Gasteiger partial charge in [-0.05, 0) is 50.3 Å². The fourth-order valence-corrected chi connectivity index (χ4v) is 3.14. The van der Waals surface area contributed by atoms with E-state index in [9.17, 15) is 0 Å². The number of pyridine rings is 1. The highest BCUT2D eigenvalue weighted by Gasteiger charge is 2.42. The zero-order valence-electron chi connectivity index (χ0n) is 11.5. The van der Waals surface area contributed by atoms with Crippen molar-refractivity contribution in [2.45, 2.75) is 32.0 Å². The van der Waals surface area contributed by atoms with E-state index in [4.69, 9.17) is 16.6 Å². The Hall–Kier alpha value is -1.88. The zero-order valence-corrected chi connectivity index (χ0v) is 12.3. The second-order valence-electron chi connectivity index (χ2n) is 5.14. The number of rotatable bonds is 3. The molecule has 4 nitrogen and oxygen atoms in total. The lowest BCUT2D eigenvalue weighted by Crippen LogP contribution is -2.35. The molecule has 104 valence electrons. The predicted octanol–water partition coefficient (Wildman–Crippen LogP) is 3.06. The number of hydrogen-bond donors (Lipinski definition) is 1. The van der Waals surface area contributed by atoms with Crippen LogP contribution in [0.3, 0.4) is 0 Å². The van der Waals surface area contributed by atoms with E-state index >= 15 is 0 Å². The Morgan fingerprint density at radius 2 is 2.15 bits per heavy atom. The van der Waals surface area contributed by atoms with Crippen molar-refractivity contribution in [2.75, 3.05) is 0 Å². The monoisotopic (exact) mass is 287 g/mol.